The largest absolute Gasteiger partial charge is 1.00 e. The number of rotatable bonds is 1. The Hall–Kier alpha value is -0.344. The van der Waals surface area contributed by atoms with Crippen LogP contribution in [0.25, 0.3) is 0 Å². The third-order valence-electron chi connectivity index (χ3n) is 8.01. The number of allylic oxidation sites excluding steroid dienone is 1. The van der Waals surface area contributed by atoms with Crippen LogP contribution in [0.3, 0.4) is 0 Å². The Morgan fingerprint density at radius 3 is 2.50 bits per heavy atom. The summed E-state index contributed by atoms with van der Waals surface area (Å²) in [5.41, 5.74) is 0.211. The number of hydrogen-bond acceptors (Lipinski definition) is 6. The van der Waals surface area contributed by atoms with E-state index in [1.54, 1.807) is 6.08 Å². The van der Waals surface area contributed by atoms with E-state index >= 15 is 0 Å². The fraction of sp³-hybridized carbons (Fsp3) is 0.714. The van der Waals surface area contributed by atoms with Gasteiger partial charge in [0.2, 0.25) is 0 Å². The van der Waals surface area contributed by atoms with E-state index in [9.17, 15) is 24.3 Å². The maximum absolute atomic E-state index is 12.7. The van der Waals surface area contributed by atoms with Crippen LogP contribution in [0.4, 0.5) is 0 Å². The number of Topliss-reactive ketones (excluding diaryl/α,β-unsaturated/α-hetero) is 1. The first-order chi connectivity index (χ1) is 12.7. The number of carbonyl (C=O) groups excluding carboxylic acids is 4. The Morgan fingerprint density at radius 2 is 1.82 bits per heavy atom. The summed E-state index contributed by atoms with van der Waals surface area (Å²) in [5.74, 6) is -2.57. The zero-order valence-corrected chi connectivity index (χ0v) is 19.9. The van der Waals surface area contributed by atoms with Crippen molar-refractivity contribution in [1.82, 2.24) is 0 Å². The van der Waals surface area contributed by atoms with Crippen molar-refractivity contribution >= 4 is 23.5 Å². The number of ketones is 2. The molecular formula is C21H25KO6. The van der Waals surface area contributed by atoms with Gasteiger partial charge in [-0.05, 0) is 55.4 Å². The number of carboxylic acid groups (broad SMARTS) is 1. The average molecular weight is 413 g/mol. The molecule has 0 bridgehead atoms. The number of aliphatic carboxylic acids is 1. The Kier molecular flexibility index (Phi) is 6.17. The normalized spacial score (nSPS) is 41.7. The number of carboxylic acids is 1. The molecule has 6 nitrogen and oxygen atoms in total. The second-order valence-corrected chi connectivity index (χ2v) is 9.20. The van der Waals surface area contributed by atoms with E-state index in [4.69, 9.17) is 4.74 Å². The molecule has 0 N–H and O–H groups in total. The summed E-state index contributed by atoms with van der Waals surface area (Å²) in [5, 5.41) is 11.0. The van der Waals surface area contributed by atoms with Gasteiger partial charge >= 0.3 is 57.4 Å². The molecule has 0 spiro atoms. The molecule has 0 radical (unpaired) electrons. The summed E-state index contributed by atoms with van der Waals surface area (Å²) in [6.07, 6.45) is 5.59. The third kappa shape index (κ3) is 3.31. The molecule has 6 atom stereocenters. The van der Waals surface area contributed by atoms with Gasteiger partial charge in [-0.15, -0.1) is 0 Å². The molecule has 0 aromatic heterocycles. The molecule has 0 aromatic carbocycles. The Labute approximate surface area is 207 Å². The number of carbonyl (C=O) groups is 4. The van der Waals surface area contributed by atoms with Gasteiger partial charge in [0.25, 0.3) is 0 Å². The summed E-state index contributed by atoms with van der Waals surface area (Å²) < 4.78 is 5.42. The number of esters is 1. The molecule has 0 saturated heterocycles. The second kappa shape index (κ2) is 7.73. The smallest absolute Gasteiger partial charge is 0.539 e. The number of ether oxygens (including phenoxy) is 1. The molecular weight excluding hydrogens is 387 g/mol. The van der Waals surface area contributed by atoms with Gasteiger partial charge in [-0.1, -0.05) is 19.4 Å². The van der Waals surface area contributed by atoms with E-state index in [0.717, 1.165) is 24.8 Å². The maximum atomic E-state index is 12.7. The van der Waals surface area contributed by atoms with Crippen LogP contribution >= 0.6 is 0 Å². The van der Waals surface area contributed by atoms with Crippen molar-refractivity contribution in [1.29, 1.82) is 0 Å². The Bertz CT molecular complexity index is 773. The summed E-state index contributed by atoms with van der Waals surface area (Å²) in [4.78, 5) is 47.4. The molecule has 0 aromatic rings. The minimum Gasteiger partial charge on any atom is -0.539 e. The minimum absolute atomic E-state index is 0. The standard InChI is InChI=1S/C21H26O6.K/c1-20-8-7-12(22)9-11(20)3-4-13-14-5-6-16(23)21(14,2)10-15(17(13)20)27-19(26)18(24)25;/h9,13-15,17H,3-8,10H2,1-2H3,(H,24,25);/q;+1/p-1/t13-,14-,15-,17+,20-,21-;/m0./s1. The Morgan fingerprint density at radius 1 is 1.11 bits per heavy atom. The van der Waals surface area contributed by atoms with Crippen molar-refractivity contribution in [3.63, 3.8) is 0 Å². The maximum Gasteiger partial charge on any atom is 1.00 e. The molecule has 0 heterocycles. The predicted molar refractivity (Wildman–Crippen MR) is 92.0 cm³/mol. The van der Waals surface area contributed by atoms with Gasteiger partial charge in [-0.2, -0.15) is 0 Å². The summed E-state index contributed by atoms with van der Waals surface area (Å²) in [6, 6.07) is 0. The number of fused-ring (bicyclic) bond motifs is 5. The fourth-order valence-corrected chi connectivity index (χ4v) is 6.72. The molecule has 4 aliphatic rings. The monoisotopic (exact) mass is 412 g/mol. The van der Waals surface area contributed by atoms with Crippen molar-refractivity contribution in [2.75, 3.05) is 0 Å². The molecule has 146 valence electrons. The minimum atomic E-state index is -1.85. The molecule has 0 unspecified atom stereocenters. The van der Waals surface area contributed by atoms with Crippen LogP contribution < -0.4 is 56.5 Å². The third-order valence-corrected chi connectivity index (χ3v) is 8.01. The van der Waals surface area contributed by atoms with Gasteiger partial charge < -0.3 is 14.6 Å². The first kappa shape index (κ1) is 22.3. The van der Waals surface area contributed by atoms with E-state index in [1.165, 1.54) is 0 Å². The van der Waals surface area contributed by atoms with E-state index in [-0.39, 0.29) is 86.1 Å². The summed E-state index contributed by atoms with van der Waals surface area (Å²) >= 11 is 0. The molecule has 0 aliphatic heterocycles. The van der Waals surface area contributed by atoms with Crippen molar-refractivity contribution in [2.45, 2.75) is 64.9 Å². The predicted octanol–water partition coefficient (Wildman–Crippen LogP) is -1.64. The zero-order chi connectivity index (χ0) is 19.6. The molecule has 0 amide bonds. The SMILES string of the molecule is C[C@]12CCC(=O)C=C1CC[C@@H]1[C@@H]2[C@@H](OC(=O)C(=O)[O-])C[C@]2(C)C(=O)CC[C@@H]12.[K+]. The van der Waals surface area contributed by atoms with Gasteiger partial charge in [0.15, 0.2) is 11.8 Å². The molecule has 4 rings (SSSR count). The number of hydrogen-bond donors (Lipinski definition) is 0. The van der Waals surface area contributed by atoms with Crippen molar-refractivity contribution in [3.8, 4) is 0 Å². The van der Waals surface area contributed by atoms with Crippen LogP contribution in [0.15, 0.2) is 11.6 Å². The van der Waals surface area contributed by atoms with E-state index in [0.29, 0.717) is 25.7 Å². The van der Waals surface area contributed by atoms with Crippen LogP contribution in [0.1, 0.15) is 58.8 Å². The summed E-state index contributed by atoms with van der Waals surface area (Å²) in [6.45, 7) is 4.06. The van der Waals surface area contributed by atoms with Crippen LogP contribution in [-0.4, -0.2) is 29.6 Å². The van der Waals surface area contributed by atoms with Crippen LogP contribution in [0, 0.1) is 28.6 Å². The van der Waals surface area contributed by atoms with Crippen LogP contribution in [-0.2, 0) is 23.9 Å². The topological polar surface area (TPSA) is 101 Å². The quantitative estimate of drug-likeness (QED) is 0.291. The first-order valence-electron chi connectivity index (χ1n) is 9.86. The van der Waals surface area contributed by atoms with E-state index in [2.05, 4.69) is 6.92 Å². The second-order valence-electron chi connectivity index (χ2n) is 9.20. The molecule has 3 saturated carbocycles. The van der Waals surface area contributed by atoms with Crippen molar-refractivity contribution in [3.05, 3.63) is 11.6 Å². The molecule has 4 aliphatic carbocycles. The van der Waals surface area contributed by atoms with Gasteiger partial charge in [0.05, 0.1) is 0 Å². The molecule has 7 heteroatoms. The van der Waals surface area contributed by atoms with E-state index < -0.39 is 23.5 Å². The van der Waals surface area contributed by atoms with Gasteiger partial charge in [-0.3, -0.25) is 9.59 Å². The zero-order valence-electron chi connectivity index (χ0n) is 16.8. The van der Waals surface area contributed by atoms with Gasteiger partial charge in [0.1, 0.15) is 11.9 Å². The van der Waals surface area contributed by atoms with E-state index in [1.807, 2.05) is 6.92 Å². The fourth-order valence-electron chi connectivity index (χ4n) is 6.72. The molecule has 28 heavy (non-hydrogen) atoms. The summed E-state index contributed by atoms with van der Waals surface area (Å²) in [7, 11) is 0. The van der Waals surface area contributed by atoms with Crippen molar-refractivity contribution in [2.24, 2.45) is 28.6 Å². The average Bonchev–Trinajstić information content (AvgIpc) is 2.90. The van der Waals surface area contributed by atoms with Gasteiger partial charge in [-0.25, -0.2) is 4.79 Å². The van der Waals surface area contributed by atoms with Gasteiger partial charge in [0, 0.05) is 24.2 Å². The Balaban J connectivity index is 0.00000225. The van der Waals surface area contributed by atoms with Crippen LogP contribution in [0.5, 0.6) is 0 Å². The van der Waals surface area contributed by atoms with Crippen molar-refractivity contribution < 1.29 is 80.4 Å². The van der Waals surface area contributed by atoms with Crippen LogP contribution in [0.2, 0.25) is 0 Å². The molecule has 3 fully saturated rings. The first-order valence-corrected chi connectivity index (χ1v) is 9.86.